The molecule has 1 unspecified atom stereocenters. The average Bonchev–Trinajstić information content (AvgIpc) is 2.58. The Balaban J connectivity index is 1.90. The number of hydrogen-bond acceptors (Lipinski definition) is 2. The second kappa shape index (κ2) is 6.86. The van der Waals surface area contributed by atoms with Crippen LogP contribution in [0.3, 0.4) is 0 Å². The van der Waals surface area contributed by atoms with Crippen LogP contribution in [0.1, 0.15) is 58.3 Å². The lowest BCUT2D eigenvalue weighted by molar-refractivity contribution is -0.141. The summed E-state index contributed by atoms with van der Waals surface area (Å²) in [6.07, 6.45) is 9.81. The van der Waals surface area contributed by atoms with Gasteiger partial charge in [0, 0.05) is 0 Å². The topological polar surface area (TPSA) is 26.3 Å². The molecule has 1 saturated heterocycles. The first-order valence-electron chi connectivity index (χ1n) is 6.01. The summed E-state index contributed by atoms with van der Waals surface area (Å²) in [7, 11) is 0. The molecule has 14 heavy (non-hydrogen) atoms. The summed E-state index contributed by atoms with van der Waals surface area (Å²) in [6, 6.07) is 0. The summed E-state index contributed by atoms with van der Waals surface area (Å²) < 4.78 is 4.92. The molecule has 1 aliphatic rings. The molecule has 2 heteroatoms. The van der Waals surface area contributed by atoms with E-state index in [1.165, 1.54) is 38.5 Å². The number of carbonyl (C=O) groups is 1. The summed E-state index contributed by atoms with van der Waals surface area (Å²) in [6.45, 7) is 2.88. The number of carbonyl (C=O) groups excluding carboxylic acids is 1. The predicted octanol–water partition coefficient (Wildman–Crippen LogP) is 3.30. The van der Waals surface area contributed by atoms with E-state index in [4.69, 9.17) is 4.74 Å². The molecule has 1 aliphatic heterocycles. The number of unbranched alkanes of at least 4 members (excludes halogenated alkanes) is 5. The Labute approximate surface area is 87.0 Å². The Morgan fingerprint density at radius 3 is 2.57 bits per heavy atom. The van der Waals surface area contributed by atoms with Gasteiger partial charge in [0.1, 0.15) is 0 Å². The van der Waals surface area contributed by atoms with Crippen molar-refractivity contribution in [1.29, 1.82) is 0 Å². The highest BCUT2D eigenvalue weighted by Gasteiger charge is 2.25. The predicted molar refractivity (Wildman–Crippen MR) is 57.1 cm³/mol. The van der Waals surface area contributed by atoms with Crippen LogP contribution in [0.5, 0.6) is 0 Å². The van der Waals surface area contributed by atoms with Gasteiger partial charge in [-0.3, -0.25) is 4.79 Å². The molecule has 0 aromatic heterocycles. The van der Waals surface area contributed by atoms with Crippen molar-refractivity contribution in [3.63, 3.8) is 0 Å². The minimum absolute atomic E-state index is 0.0403. The molecule has 0 aromatic rings. The van der Waals surface area contributed by atoms with Crippen LogP contribution in [0.2, 0.25) is 0 Å². The number of esters is 1. The van der Waals surface area contributed by atoms with E-state index in [0.29, 0.717) is 6.61 Å². The maximum absolute atomic E-state index is 11.1. The molecule has 0 spiro atoms. The van der Waals surface area contributed by atoms with Gasteiger partial charge in [-0.2, -0.15) is 0 Å². The Bertz CT molecular complexity index is 166. The molecule has 1 heterocycles. The summed E-state index contributed by atoms with van der Waals surface area (Å²) >= 11 is 0. The second-order valence-electron chi connectivity index (χ2n) is 4.21. The highest BCUT2D eigenvalue weighted by molar-refractivity contribution is 5.73. The molecule has 2 nitrogen and oxygen atoms in total. The van der Waals surface area contributed by atoms with E-state index in [2.05, 4.69) is 6.92 Å². The first-order valence-corrected chi connectivity index (χ1v) is 6.01. The van der Waals surface area contributed by atoms with Crippen LogP contribution in [-0.4, -0.2) is 12.6 Å². The quantitative estimate of drug-likeness (QED) is 0.463. The van der Waals surface area contributed by atoms with Gasteiger partial charge in [0.15, 0.2) is 0 Å². The molecule has 0 aliphatic carbocycles. The van der Waals surface area contributed by atoms with E-state index in [1.807, 2.05) is 0 Å². The van der Waals surface area contributed by atoms with Gasteiger partial charge in [0.2, 0.25) is 0 Å². The number of hydrogen-bond donors (Lipinski definition) is 0. The standard InChI is InChI=1S/C12H22O2/c1-2-3-4-5-6-7-8-11-9-10-14-12(11)13/h11H,2-10H2,1H3. The van der Waals surface area contributed by atoms with Gasteiger partial charge < -0.3 is 4.74 Å². The van der Waals surface area contributed by atoms with Crippen LogP contribution in [0.25, 0.3) is 0 Å². The van der Waals surface area contributed by atoms with Crippen molar-refractivity contribution in [2.45, 2.75) is 58.3 Å². The SMILES string of the molecule is CCCCCCCCC1CCOC1=O. The third-order valence-corrected chi connectivity index (χ3v) is 2.95. The third kappa shape index (κ3) is 4.12. The summed E-state index contributed by atoms with van der Waals surface area (Å²) in [4.78, 5) is 11.1. The van der Waals surface area contributed by atoms with Gasteiger partial charge in [-0.25, -0.2) is 0 Å². The first-order chi connectivity index (χ1) is 6.84. The lowest BCUT2D eigenvalue weighted by Gasteiger charge is -2.04. The van der Waals surface area contributed by atoms with Crippen LogP contribution < -0.4 is 0 Å². The van der Waals surface area contributed by atoms with E-state index in [9.17, 15) is 4.79 Å². The van der Waals surface area contributed by atoms with E-state index >= 15 is 0 Å². The molecule has 1 atom stereocenters. The Kier molecular flexibility index (Phi) is 5.65. The third-order valence-electron chi connectivity index (χ3n) is 2.95. The van der Waals surface area contributed by atoms with Crippen molar-refractivity contribution in [3.8, 4) is 0 Å². The largest absolute Gasteiger partial charge is 0.465 e. The van der Waals surface area contributed by atoms with Crippen LogP contribution >= 0.6 is 0 Å². The van der Waals surface area contributed by atoms with Crippen molar-refractivity contribution >= 4 is 5.97 Å². The average molecular weight is 198 g/mol. The van der Waals surface area contributed by atoms with E-state index < -0.39 is 0 Å². The van der Waals surface area contributed by atoms with Gasteiger partial charge in [-0.1, -0.05) is 45.4 Å². The fourth-order valence-electron chi connectivity index (χ4n) is 1.97. The highest BCUT2D eigenvalue weighted by Crippen LogP contribution is 2.21. The van der Waals surface area contributed by atoms with Crippen LogP contribution in [0, 0.1) is 5.92 Å². The molecule has 0 saturated carbocycles. The Morgan fingerprint density at radius 2 is 1.93 bits per heavy atom. The van der Waals surface area contributed by atoms with E-state index in [0.717, 1.165) is 12.8 Å². The van der Waals surface area contributed by atoms with Crippen molar-refractivity contribution in [2.24, 2.45) is 5.92 Å². The summed E-state index contributed by atoms with van der Waals surface area (Å²) in [5, 5.41) is 0. The zero-order chi connectivity index (χ0) is 10.2. The molecule has 0 aromatic carbocycles. The molecule has 0 bridgehead atoms. The smallest absolute Gasteiger partial charge is 0.309 e. The summed E-state index contributed by atoms with van der Waals surface area (Å²) in [5.41, 5.74) is 0. The number of ether oxygens (including phenoxy) is 1. The molecular weight excluding hydrogens is 176 g/mol. The minimum Gasteiger partial charge on any atom is -0.465 e. The monoisotopic (exact) mass is 198 g/mol. The lowest BCUT2D eigenvalue weighted by atomic mass is 9.99. The van der Waals surface area contributed by atoms with Gasteiger partial charge in [-0.15, -0.1) is 0 Å². The Hall–Kier alpha value is -0.530. The van der Waals surface area contributed by atoms with Gasteiger partial charge in [0.05, 0.1) is 12.5 Å². The zero-order valence-corrected chi connectivity index (χ0v) is 9.26. The maximum atomic E-state index is 11.1. The van der Waals surface area contributed by atoms with Crippen LogP contribution in [0.15, 0.2) is 0 Å². The molecule has 82 valence electrons. The fraction of sp³-hybridized carbons (Fsp3) is 0.917. The van der Waals surface area contributed by atoms with Crippen LogP contribution in [-0.2, 0) is 9.53 Å². The summed E-state index contributed by atoms with van der Waals surface area (Å²) in [5.74, 6) is 0.264. The molecular formula is C12H22O2. The van der Waals surface area contributed by atoms with Crippen molar-refractivity contribution in [1.82, 2.24) is 0 Å². The lowest BCUT2D eigenvalue weighted by Crippen LogP contribution is -2.06. The molecule has 0 amide bonds. The molecule has 1 rings (SSSR count). The number of cyclic esters (lactones) is 1. The van der Waals surface area contributed by atoms with E-state index in [-0.39, 0.29) is 11.9 Å². The van der Waals surface area contributed by atoms with Crippen molar-refractivity contribution < 1.29 is 9.53 Å². The van der Waals surface area contributed by atoms with Crippen molar-refractivity contribution in [2.75, 3.05) is 6.61 Å². The van der Waals surface area contributed by atoms with Crippen LogP contribution in [0.4, 0.5) is 0 Å². The minimum atomic E-state index is 0.0403. The van der Waals surface area contributed by atoms with Crippen molar-refractivity contribution in [3.05, 3.63) is 0 Å². The van der Waals surface area contributed by atoms with Gasteiger partial charge >= 0.3 is 5.97 Å². The fourth-order valence-corrected chi connectivity index (χ4v) is 1.97. The van der Waals surface area contributed by atoms with Gasteiger partial charge in [-0.05, 0) is 12.8 Å². The molecule has 0 radical (unpaired) electrons. The number of rotatable bonds is 7. The maximum Gasteiger partial charge on any atom is 0.309 e. The second-order valence-corrected chi connectivity index (χ2v) is 4.21. The normalized spacial score (nSPS) is 21.2. The van der Waals surface area contributed by atoms with E-state index in [1.54, 1.807) is 0 Å². The Morgan fingerprint density at radius 1 is 1.21 bits per heavy atom. The van der Waals surface area contributed by atoms with Gasteiger partial charge in [0.25, 0.3) is 0 Å². The molecule has 0 N–H and O–H groups in total. The first kappa shape index (κ1) is 11.5. The molecule has 1 fully saturated rings. The highest BCUT2D eigenvalue weighted by atomic mass is 16.5. The zero-order valence-electron chi connectivity index (χ0n) is 9.26.